The fourth-order valence-electron chi connectivity index (χ4n) is 7.04. The van der Waals surface area contributed by atoms with Crippen LogP contribution in [-0.2, 0) is 18.6 Å². The summed E-state index contributed by atoms with van der Waals surface area (Å²) in [6, 6.07) is 39.8. The van der Waals surface area contributed by atoms with Gasteiger partial charge in [-0.15, -0.1) is 0 Å². The van der Waals surface area contributed by atoms with Gasteiger partial charge in [-0.05, 0) is 87.1 Å². The molecule has 0 radical (unpaired) electrons. The second kappa shape index (κ2) is 11.1. The van der Waals surface area contributed by atoms with Crippen LogP contribution in [0.2, 0.25) is 0 Å². The third-order valence-corrected chi connectivity index (χ3v) is 14.3. The monoisotopic (exact) mass is 602 g/mol. The summed E-state index contributed by atoms with van der Waals surface area (Å²) in [7, 11) is -3.74. The van der Waals surface area contributed by atoms with Crippen LogP contribution in [0.4, 0.5) is 0 Å². The zero-order valence-corrected chi connectivity index (χ0v) is 28.4. The molecule has 0 amide bonds. The van der Waals surface area contributed by atoms with Crippen molar-refractivity contribution in [2.24, 2.45) is 0 Å². The highest BCUT2D eigenvalue weighted by Crippen LogP contribution is 2.36. The van der Waals surface area contributed by atoms with Gasteiger partial charge in [0, 0.05) is 6.42 Å². The second-order valence-corrected chi connectivity index (χ2v) is 18.4. The van der Waals surface area contributed by atoms with Crippen molar-refractivity contribution >= 4 is 54.0 Å². The number of hydrogen-bond acceptors (Lipinski definition) is 4. The lowest BCUT2D eigenvalue weighted by atomic mass is 9.73. The van der Waals surface area contributed by atoms with E-state index in [0.717, 1.165) is 17.3 Å². The Labute approximate surface area is 265 Å². The first-order chi connectivity index (χ1) is 20.7. The summed E-state index contributed by atoms with van der Waals surface area (Å²) in [6.45, 7) is 17.0. The standard InChI is InChI=1S/C37H44B2O4Si/c1-34(2)27-35(3,4)41-38(40-34)28-17-15-23-32(25-28)44(30-19-11-9-12-20-30,31-21-13-10-14-22-31)33-24-16-18-29(26-33)39-42-36(5,6)37(7,8)43-39/h9-26H,27H2,1-8H3. The first kappa shape index (κ1) is 31.1. The number of hydrogen-bond donors (Lipinski definition) is 0. The van der Waals surface area contributed by atoms with Crippen molar-refractivity contribution < 1.29 is 18.6 Å². The average Bonchev–Trinajstić information content (AvgIpc) is 3.20. The van der Waals surface area contributed by atoms with Crippen molar-refractivity contribution in [3.63, 3.8) is 0 Å². The van der Waals surface area contributed by atoms with Crippen molar-refractivity contribution in [2.75, 3.05) is 0 Å². The molecule has 0 spiro atoms. The van der Waals surface area contributed by atoms with Gasteiger partial charge >= 0.3 is 14.2 Å². The normalized spacial score (nSPS) is 20.5. The SMILES string of the molecule is CC1(C)CC(C)(C)OB(c2cccc([Si](c3ccccc3)(c3ccccc3)c3cccc(B4OC(C)(C)C(C)(C)O4)c3)c2)O1. The Morgan fingerprint density at radius 1 is 0.455 bits per heavy atom. The fourth-order valence-corrected chi connectivity index (χ4v) is 11.9. The van der Waals surface area contributed by atoms with Gasteiger partial charge in [0.1, 0.15) is 0 Å². The van der Waals surface area contributed by atoms with Crippen LogP contribution in [0.5, 0.6) is 0 Å². The molecule has 0 aromatic heterocycles. The quantitative estimate of drug-likeness (QED) is 0.247. The predicted molar refractivity (Wildman–Crippen MR) is 186 cm³/mol. The van der Waals surface area contributed by atoms with Crippen molar-refractivity contribution in [2.45, 2.75) is 84.2 Å². The summed E-state index contributed by atoms with van der Waals surface area (Å²) in [5.41, 5.74) is 0.631. The maximum Gasteiger partial charge on any atom is 0.494 e. The number of rotatable bonds is 6. The van der Waals surface area contributed by atoms with Crippen LogP contribution in [0.25, 0.3) is 0 Å². The molecular weight excluding hydrogens is 558 g/mol. The molecule has 4 aromatic rings. The molecule has 2 heterocycles. The highest BCUT2D eigenvalue weighted by atomic mass is 28.3. The Bertz CT molecular complexity index is 1550. The second-order valence-electron chi connectivity index (χ2n) is 14.6. The number of benzene rings is 4. The van der Waals surface area contributed by atoms with Crippen LogP contribution in [0.1, 0.15) is 61.8 Å². The highest BCUT2D eigenvalue weighted by molar-refractivity contribution is 7.20. The highest BCUT2D eigenvalue weighted by Gasteiger charge is 2.52. The van der Waals surface area contributed by atoms with Gasteiger partial charge in [-0.1, -0.05) is 109 Å². The first-order valence-electron chi connectivity index (χ1n) is 15.8. The van der Waals surface area contributed by atoms with Crippen LogP contribution in [0.3, 0.4) is 0 Å². The third kappa shape index (κ3) is 5.65. The van der Waals surface area contributed by atoms with Crippen LogP contribution in [-0.4, -0.2) is 44.7 Å². The zero-order chi connectivity index (χ0) is 31.4. The average molecular weight is 602 g/mol. The summed E-state index contributed by atoms with van der Waals surface area (Å²) in [4.78, 5) is 0. The molecule has 0 saturated carbocycles. The summed E-state index contributed by atoms with van der Waals surface area (Å²) < 4.78 is 26.2. The molecule has 2 fully saturated rings. The summed E-state index contributed by atoms with van der Waals surface area (Å²) in [5, 5.41) is 5.15. The van der Waals surface area contributed by atoms with Crippen LogP contribution >= 0.6 is 0 Å². The minimum absolute atomic E-state index is 0.299. The van der Waals surface area contributed by atoms with Crippen LogP contribution in [0.15, 0.2) is 109 Å². The topological polar surface area (TPSA) is 36.9 Å². The molecule has 4 aromatic carbocycles. The molecule has 6 rings (SSSR count). The minimum Gasteiger partial charge on any atom is -0.402 e. The molecule has 2 aliphatic rings. The minimum atomic E-state index is -2.84. The van der Waals surface area contributed by atoms with E-state index >= 15 is 0 Å². The Morgan fingerprint density at radius 3 is 1.23 bits per heavy atom. The van der Waals surface area contributed by atoms with E-state index in [2.05, 4.69) is 165 Å². The molecule has 0 N–H and O–H groups in total. The van der Waals surface area contributed by atoms with E-state index in [1.807, 2.05) is 0 Å². The molecular formula is C37H44B2O4Si. The van der Waals surface area contributed by atoms with E-state index in [0.29, 0.717) is 0 Å². The zero-order valence-electron chi connectivity index (χ0n) is 27.4. The van der Waals surface area contributed by atoms with Crippen molar-refractivity contribution in [1.82, 2.24) is 0 Å². The molecule has 226 valence electrons. The molecule has 0 bridgehead atoms. The lowest BCUT2D eigenvalue weighted by molar-refractivity contribution is -0.0716. The first-order valence-corrected chi connectivity index (χ1v) is 17.8. The summed E-state index contributed by atoms with van der Waals surface area (Å²) >= 11 is 0. The molecule has 4 nitrogen and oxygen atoms in total. The molecule has 0 atom stereocenters. The van der Waals surface area contributed by atoms with Gasteiger partial charge in [-0.25, -0.2) is 0 Å². The van der Waals surface area contributed by atoms with E-state index < -0.39 is 33.5 Å². The van der Waals surface area contributed by atoms with Crippen LogP contribution < -0.4 is 31.7 Å². The lowest BCUT2D eigenvalue weighted by Gasteiger charge is -2.44. The van der Waals surface area contributed by atoms with E-state index in [4.69, 9.17) is 18.6 Å². The molecule has 44 heavy (non-hydrogen) atoms. The summed E-state index contributed by atoms with van der Waals surface area (Å²) in [5.74, 6) is 0. The Kier molecular flexibility index (Phi) is 7.87. The molecule has 2 aliphatic heterocycles. The molecule has 0 aliphatic carbocycles. The van der Waals surface area contributed by atoms with Crippen molar-refractivity contribution in [3.05, 3.63) is 109 Å². The van der Waals surface area contributed by atoms with Gasteiger partial charge in [0.15, 0.2) is 8.07 Å². The predicted octanol–water partition coefficient (Wildman–Crippen LogP) is 4.05. The van der Waals surface area contributed by atoms with Gasteiger partial charge in [0.25, 0.3) is 0 Å². The van der Waals surface area contributed by atoms with E-state index in [-0.39, 0.29) is 11.2 Å². The lowest BCUT2D eigenvalue weighted by Crippen LogP contribution is -2.75. The third-order valence-electron chi connectivity index (χ3n) is 9.55. The maximum absolute atomic E-state index is 6.57. The van der Waals surface area contributed by atoms with Crippen LogP contribution in [0, 0.1) is 0 Å². The van der Waals surface area contributed by atoms with E-state index in [1.165, 1.54) is 20.7 Å². The van der Waals surface area contributed by atoms with Gasteiger partial charge in [-0.3, -0.25) is 0 Å². The largest absolute Gasteiger partial charge is 0.494 e. The van der Waals surface area contributed by atoms with Gasteiger partial charge < -0.3 is 18.6 Å². The Morgan fingerprint density at radius 2 is 0.818 bits per heavy atom. The smallest absolute Gasteiger partial charge is 0.402 e. The fraction of sp³-hybridized carbons (Fsp3) is 0.351. The Balaban J connectivity index is 1.57. The van der Waals surface area contributed by atoms with E-state index in [1.54, 1.807) is 0 Å². The van der Waals surface area contributed by atoms with Gasteiger partial charge in [0.2, 0.25) is 0 Å². The van der Waals surface area contributed by atoms with Gasteiger partial charge in [-0.2, -0.15) is 0 Å². The van der Waals surface area contributed by atoms with E-state index in [9.17, 15) is 0 Å². The maximum atomic E-state index is 6.57. The molecule has 7 heteroatoms. The van der Waals surface area contributed by atoms with Crippen molar-refractivity contribution in [1.29, 1.82) is 0 Å². The molecule has 2 saturated heterocycles. The van der Waals surface area contributed by atoms with Crippen molar-refractivity contribution in [3.8, 4) is 0 Å². The Hall–Kier alpha value is -2.93. The molecule has 0 unspecified atom stereocenters. The van der Waals surface area contributed by atoms with Gasteiger partial charge in [0.05, 0.1) is 22.4 Å². The summed E-state index contributed by atoms with van der Waals surface area (Å²) in [6.07, 6.45) is 0.828.